The van der Waals surface area contributed by atoms with Crippen LogP contribution in [0.1, 0.15) is 56.0 Å². The summed E-state index contributed by atoms with van der Waals surface area (Å²) in [4.78, 5) is 12.4. The third-order valence-electron chi connectivity index (χ3n) is 4.05. The second-order valence-electron chi connectivity index (χ2n) is 4.97. The monoisotopic (exact) mass is 263 g/mol. The highest BCUT2D eigenvalue weighted by Gasteiger charge is 2.26. The van der Waals surface area contributed by atoms with Gasteiger partial charge in [-0.2, -0.15) is 0 Å². The van der Waals surface area contributed by atoms with Crippen LogP contribution in [0.5, 0.6) is 0 Å². The van der Waals surface area contributed by atoms with Crippen molar-refractivity contribution < 1.29 is 4.79 Å². The van der Waals surface area contributed by atoms with Gasteiger partial charge in [0.05, 0.1) is 0 Å². The van der Waals surface area contributed by atoms with Crippen LogP contribution in [0.25, 0.3) is 0 Å². The smallest absolute Gasteiger partial charge is 0.251 e. The molecule has 0 unspecified atom stereocenters. The number of carbonyl (C=O) groups excluding carboxylic acids is 1. The van der Waals surface area contributed by atoms with Crippen molar-refractivity contribution in [2.45, 2.75) is 52.5 Å². The van der Waals surface area contributed by atoms with Gasteiger partial charge in [0.1, 0.15) is 0 Å². The second-order valence-corrected chi connectivity index (χ2v) is 4.97. The van der Waals surface area contributed by atoms with Crippen LogP contribution in [0, 0.1) is 6.92 Å². The Kier molecular flexibility index (Phi) is 5.36. The molecule has 0 aromatic heterocycles. The number of nitrogens with one attached hydrogen (secondary N) is 2. The normalized spacial score (nSPS) is 11.2. The fourth-order valence-electron chi connectivity index (χ4n) is 2.33. The van der Waals surface area contributed by atoms with Gasteiger partial charge in [-0.05, 0) is 49.9 Å². The molecule has 0 heterocycles. The van der Waals surface area contributed by atoms with Crippen molar-refractivity contribution in [3.63, 3.8) is 0 Å². The molecule has 19 heavy (non-hydrogen) atoms. The molecule has 4 N–H and O–H groups in total. The molecule has 106 valence electrons. The molecule has 0 bridgehead atoms. The first-order valence-corrected chi connectivity index (χ1v) is 6.91. The summed E-state index contributed by atoms with van der Waals surface area (Å²) >= 11 is 0. The fourth-order valence-corrected chi connectivity index (χ4v) is 2.33. The average Bonchev–Trinajstić information content (AvgIpc) is 2.44. The number of aryl methyl sites for hydroxylation is 1. The number of nitrogen functional groups attached to an aromatic ring is 1. The quantitative estimate of drug-likeness (QED) is 0.546. The van der Waals surface area contributed by atoms with Crippen LogP contribution in [0.15, 0.2) is 18.2 Å². The summed E-state index contributed by atoms with van der Waals surface area (Å²) in [5.41, 5.74) is 4.92. The van der Waals surface area contributed by atoms with Crippen LogP contribution in [-0.2, 0) is 0 Å². The van der Waals surface area contributed by atoms with Crippen molar-refractivity contribution in [3.05, 3.63) is 29.3 Å². The molecule has 0 saturated heterocycles. The second kappa shape index (κ2) is 6.57. The average molecular weight is 263 g/mol. The number of rotatable bonds is 6. The molecule has 4 nitrogen and oxygen atoms in total. The number of benzene rings is 1. The minimum atomic E-state index is -0.103. The van der Waals surface area contributed by atoms with E-state index in [0.29, 0.717) is 5.56 Å². The minimum Gasteiger partial charge on any atom is -0.347 e. The standard InChI is InChI=1S/C15H25N3O/c1-5-15(6-2,7-3)17-14(19)13-9-8-12(18-16)10-11(13)4/h8-10,18H,5-7,16H2,1-4H3,(H,17,19). The minimum absolute atomic E-state index is 0.00776. The van der Waals surface area contributed by atoms with E-state index in [-0.39, 0.29) is 11.4 Å². The van der Waals surface area contributed by atoms with Crippen molar-refractivity contribution in [3.8, 4) is 0 Å². The van der Waals surface area contributed by atoms with E-state index >= 15 is 0 Å². The number of hydrogen-bond acceptors (Lipinski definition) is 3. The highest BCUT2D eigenvalue weighted by molar-refractivity contribution is 5.96. The maximum atomic E-state index is 12.4. The molecular formula is C15H25N3O. The summed E-state index contributed by atoms with van der Waals surface area (Å²) < 4.78 is 0. The third-order valence-corrected chi connectivity index (χ3v) is 4.05. The van der Waals surface area contributed by atoms with Crippen LogP contribution >= 0.6 is 0 Å². The van der Waals surface area contributed by atoms with Gasteiger partial charge in [0.2, 0.25) is 0 Å². The zero-order chi connectivity index (χ0) is 14.5. The molecule has 0 saturated carbocycles. The topological polar surface area (TPSA) is 67.2 Å². The molecule has 0 atom stereocenters. The lowest BCUT2D eigenvalue weighted by atomic mass is 9.89. The van der Waals surface area contributed by atoms with Gasteiger partial charge in [-0.25, -0.2) is 0 Å². The van der Waals surface area contributed by atoms with E-state index in [0.717, 1.165) is 30.5 Å². The van der Waals surface area contributed by atoms with E-state index < -0.39 is 0 Å². The molecule has 4 heteroatoms. The third kappa shape index (κ3) is 3.47. The zero-order valence-electron chi connectivity index (χ0n) is 12.3. The summed E-state index contributed by atoms with van der Waals surface area (Å²) in [5.74, 6) is 5.35. The predicted molar refractivity (Wildman–Crippen MR) is 80.1 cm³/mol. The zero-order valence-corrected chi connectivity index (χ0v) is 12.3. The summed E-state index contributed by atoms with van der Waals surface area (Å²) in [5, 5.41) is 3.18. The van der Waals surface area contributed by atoms with E-state index in [2.05, 4.69) is 31.5 Å². The highest BCUT2D eigenvalue weighted by Crippen LogP contribution is 2.21. The Morgan fingerprint density at radius 2 is 1.79 bits per heavy atom. The molecule has 0 radical (unpaired) electrons. The molecular weight excluding hydrogens is 238 g/mol. The van der Waals surface area contributed by atoms with Gasteiger partial charge in [0.25, 0.3) is 5.91 Å². The first-order valence-electron chi connectivity index (χ1n) is 6.91. The Bertz CT molecular complexity index is 431. The first kappa shape index (κ1) is 15.5. The van der Waals surface area contributed by atoms with Gasteiger partial charge in [-0.1, -0.05) is 20.8 Å². The largest absolute Gasteiger partial charge is 0.347 e. The Morgan fingerprint density at radius 3 is 2.21 bits per heavy atom. The van der Waals surface area contributed by atoms with Gasteiger partial charge < -0.3 is 10.7 Å². The van der Waals surface area contributed by atoms with Crippen molar-refractivity contribution in [1.29, 1.82) is 0 Å². The lowest BCUT2D eigenvalue weighted by Gasteiger charge is -2.32. The molecule has 1 aromatic rings. The van der Waals surface area contributed by atoms with Crippen LogP contribution in [0.2, 0.25) is 0 Å². The number of nitrogens with two attached hydrogens (primary N) is 1. The molecule has 0 aliphatic heterocycles. The van der Waals surface area contributed by atoms with E-state index in [9.17, 15) is 4.79 Å². The van der Waals surface area contributed by atoms with Gasteiger partial charge in [0.15, 0.2) is 0 Å². The van der Waals surface area contributed by atoms with Gasteiger partial charge in [0, 0.05) is 16.8 Å². The Labute approximate surface area is 115 Å². The van der Waals surface area contributed by atoms with E-state index in [1.807, 2.05) is 25.1 Å². The Hall–Kier alpha value is -1.55. The maximum Gasteiger partial charge on any atom is 0.251 e. The number of amides is 1. The summed E-state index contributed by atoms with van der Waals surface area (Å²) in [7, 11) is 0. The molecule has 0 aliphatic carbocycles. The van der Waals surface area contributed by atoms with Gasteiger partial charge in [-0.15, -0.1) is 0 Å². The number of hydrogen-bond donors (Lipinski definition) is 3. The van der Waals surface area contributed by atoms with Crippen LogP contribution < -0.4 is 16.6 Å². The number of carbonyl (C=O) groups is 1. The van der Waals surface area contributed by atoms with Crippen molar-refractivity contribution in [2.24, 2.45) is 5.84 Å². The van der Waals surface area contributed by atoms with Crippen molar-refractivity contribution in [1.82, 2.24) is 5.32 Å². The summed E-state index contributed by atoms with van der Waals surface area (Å²) in [6.45, 7) is 8.26. The Morgan fingerprint density at radius 1 is 1.21 bits per heavy atom. The van der Waals surface area contributed by atoms with Gasteiger partial charge >= 0.3 is 0 Å². The molecule has 0 aliphatic rings. The van der Waals surface area contributed by atoms with Crippen molar-refractivity contribution in [2.75, 3.05) is 5.43 Å². The predicted octanol–water partition coefficient (Wildman–Crippen LogP) is 2.98. The molecule has 1 amide bonds. The maximum absolute atomic E-state index is 12.4. The lowest BCUT2D eigenvalue weighted by Crippen LogP contribution is -2.47. The van der Waals surface area contributed by atoms with Gasteiger partial charge in [-0.3, -0.25) is 10.6 Å². The van der Waals surface area contributed by atoms with Crippen molar-refractivity contribution >= 4 is 11.6 Å². The van der Waals surface area contributed by atoms with Crippen LogP contribution in [-0.4, -0.2) is 11.4 Å². The fraction of sp³-hybridized carbons (Fsp3) is 0.533. The number of hydrazine groups is 1. The number of anilines is 1. The molecule has 1 rings (SSSR count). The summed E-state index contributed by atoms with van der Waals surface area (Å²) in [6.07, 6.45) is 2.81. The molecule has 1 aromatic carbocycles. The van der Waals surface area contributed by atoms with Crippen LogP contribution in [0.3, 0.4) is 0 Å². The van der Waals surface area contributed by atoms with E-state index in [1.54, 1.807) is 0 Å². The molecule has 0 fully saturated rings. The highest BCUT2D eigenvalue weighted by atomic mass is 16.1. The SMILES string of the molecule is CCC(CC)(CC)NC(=O)c1ccc(NN)cc1C. The van der Waals surface area contributed by atoms with E-state index in [1.165, 1.54) is 0 Å². The lowest BCUT2D eigenvalue weighted by molar-refractivity contribution is 0.0887. The summed E-state index contributed by atoms with van der Waals surface area (Å²) in [6, 6.07) is 5.50. The van der Waals surface area contributed by atoms with Crippen LogP contribution in [0.4, 0.5) is 5.69 Å². The molecule has 0 spiro atoms. The van der Waals surface area contributed by atoms with E-state index in [4.69, 9.17) is 5.84 Å². The first-order chi connectivity index (χ1) is 9.01. The Balaban J connectivity index is 2.95.